The molecule has 1 aromatic carbocycles. The number of rotatable bonds is 4. The zero-order valence-electron chi connectivity index (χ0n) is 9.00. The Hall–Kier alpha value is -0.600. The molecule has 0 amide bonds. The van der Waals surface area contributed by atoms with Gasteiger partial charge < -0.3 is 5.11 Å². The van der Waals surface area contributed by atoms with E-state index in [-0.39, 0.29) is 5.92 Å². The highest BCUT2D eigenvalue weighted by molar-refractivity contribution is 6.30. The van der Waals surface area contributed by atoms with E-state index in [1.165, 1.54) is 6.07 Å². The van der Waals surface area contributed by atoms with Crippen LogP contribution in [0.3, 0.4) is 0 Å². The van der Waals surface area contributed by atoms with Crippen molar-refractivity contribution in [3.8, 4) is 0 Å². The predicted octanol–water partition coefficient (Wildman–Crippen LogP) is 3.95. The molecule has 1 rings (SSSR count). The van der Waals surface area contributed by atoms with Crippen molar-refractivity contribution in [1.82, 2.24) is 0 Å². The van der Waals surface area contributed by atoms with Gasteiger partial charge in [-0.1, -0.05) is 37.9 Å². The fraction of sp³-hybridized carbons (Fsp3) is 0.500. The zero-order valence-corrected chi connectivity index (χ0v) is 9.76. The van der Waals surface area contributed by atoms with Crippen molar-refractivity contribution in [1.29, 1.82) is 0 Å². The Bertz CT molecular complexity index is 327. The van der Waals surface area contributed by atoms with Crippen molar-refractivity contribution in [2.75, 3.05) is 0 Å². The van der Waals surface area contributed by atoms with E-state index in [4.69, 9.17) is 11.6 Å². The molecule has 0 saturated heterocycles. The Morgan fingerprint density at radius 2 is 2.13 bits per heavy atom. The van der Waals surface area contributed by atoms with Crippen LogP contribution in [0.15, 0.2) is 18.2 Å². The van der Waals surface area contributed by atoms with Crippen LogP contribution in [0.1, 0.15) is 38.4 Å². The first-order valence-corrected chi connectivity index (χ1v) is 5.57. The van der Waals surface area contributed by atoms with E-state index in [1.807, 2.05) is 13.8 Å². The first-order chi connectivity index (χ1) is 7.06. The van der Waals surface area contributed by atoms with E-state index < -0.39 is 11.9 Å². The average molecular weight is 231 g/mol. The molecule has 0 radical (unpaired) electrons. The van der Waals surface area contributed by atoms with Crippen molar-refractivity contribution in [3.05, 3.63) is 34.6 Å². The lowest BCUT2D eigenvalue weighted by molar-refractivity contribution is 0.108. The molecule has 1 N–H and O–H groups in total. The molecular formula is C12H16ClFO. The summed E-state index contributed by atoms with van der Waals surface area (Å²) >= 11 is 5.64. The number of aliphatic hydroxyl groups is 1. The van der Waals surface area contributed by atoms with Crippen LogP contribution in [0.25, 0.3) is 0 Å². The Labute approximate surface area is 94.9 Å². The molecule has 1 nitrogen and oxygen atoms in total. The SMILES string of the molecule is CCCC(C)C(O)c1ccc(Cl)cc1F. The summed E-state index contributed by atoms with van der Waals surface area (Å²) in [5.74, 6) is -0.372. The molecule has 2 unspecified atom stereocenters. The number of halogens is 2. The van der Waals surface area contributed by atoms with Gasteiger partial charge >= 0.3 is 0 Å². The molecule has 2 atom stereocenters. The van der Waals surface area contributed by atoms with Gasteiger partial charge in [-0.3, -0.25) is 0 Å². The lowest BCUT2D eigenvalue weighted by atomic mass is 9.93. The summed E-state index contributed by atoms with van der Waals surface area (Å²) in [6.45, 7) is 3.96. The number of hydrogen-bond donors (Lipinski definition) is 1. The third-order valence-electron chi connectivity index (χ3n) is 2.56. The van der Waals surface area contributed by atoms with E-state index in [2.05, 4.69) is 0 Å². The quantitative estimate of drug-likeness (QED) is 0.831. The average Bonchev–Trinajstić information content (AvgIpc) is 2.17. The van der Waals surface area contributed by atoms with Gasteiger partial charge in [-0.25, -0.2) is 4.39 Å². The predicted molar refractivity (Wildman–Crippen MR) is 60.4 cm³/mol. The Balaban J connectivity index is 2.86. The van der Waals surface area contributed by atoms with E-state index in [9.17, 15) is 9.50 Å². The van der Waals surface area contributed by atoms with E-state index in [0.29, 0.717) is 10.6 Å². The minimum Gasteiger partial charge on any atom is -0.388 e. The first kappa shape index (κ1) is 12.5. The van der Waals surface area contributed by atoms with Crippen molar-refractivity contribution in [2.45, 2.75) is 32.8 Å². The molecule has 0 aliphatic carbocycles. The van der Waals surface area contributed by atoms with Gasteiger partial charge in [0.1, 0.15) is 5.82 Å². The van der Waals surface area contributed by atoms with Crippen molar-refractivity contribution in [2.24, 2.45) is 5.92 Å². The Kier molecular flexibility index (Phi) is 4.55. The third kappa shape index (κ3) is 3.18. The summed E-state index contributed by atoms with van der Waals surface area (Å²) in [6, 6.07) is 4.38. The van der Waals surface area contributed by atoms with Crippen LogP contribution >= 0.6 is 11.6 Å². The first-order valence-electron chi connectivity index (χ1n) is 5.19. The minimum absolute atomic E-state index is 0.0608. The van der Waals surface area contributed by atoms with E-state index in [1.54, 1.807) is 12.1 Å². The van der Waals surface area contributed by atoms with Crippen LogP contribution in [0.5, 0.6) is 0 Å². The maximum Gasteiger partial charge on any atom is 0.130 e. The minimum atomic E-state index is -0.748. The van der Waals surface area contributed by atoms with E-state index >= 15 is 0 Å². The summed E-state index contributed by atoms with van der Waals surface area (Å²) in [4.78, 5) is 0. The summed E-state index contributed by atoms with van der Waals surface area (Å²) in [6.07, 6.45) is 1.11. The molecule has 0 heterocycles. The zero-order chi connectivity index (χ0) is 11.4. The summed E-state index contributed by atoms with van der Waals surface area (Å²) in [5, 5.41) is 10.3. The molecular weight excluding hydrogens is 215 g/mol. The van der Waals surface area contributed by atoms with Gasteiger partial charge in [0.05, 0.1) is 6.10 Å². The van der Waals surface area contributed by atoms with Crippen LogP contribution in [0.2, 0.25) is 5.02 Å². The van der Waals surface area contributed by atoms with Crippen LogP contribution < -0.4 is 0 Å². The van der Waals surface area contributed by atoms with Crippen LogP contribution in [0.4, 0.5) is 4.39 Å². The van der Waals surface area contributed by atoms with Gasteiger partial charge in [-0.2, -0.15) is 0 Å². The van der Waals surface area contributed by atoms with Crippen LogP contribution in [0, 0.1) is 11.7 Å². The second-order valence-electron chi connectivity index (χ2n) is 3.88. The molecule has 0 aliphatic heterocycles. The lowest BCUT2D eigenvalue weighted by Crippen LogP contribution is -2.10. The highest BCUT2D eigenvalue weighted by Crippen LogP contribution is 2.28. The molecule has 0 aliphatic rings. The summed E-state index contributed by atoms with van der Waals surface area (Å²) < 4.78 is 13.5. The summed E-state index contributed by atoms with van der Waals surface area (Å²) in [5.41, 5.74) is 0.334. The summed E-state index contributed by atoms with van der Waals surface area (Å²) in [7, 11) is 0. The largest absolute Gasteiger partial charge is 0.388 e. The van der Waals surface area contributed by atoms with Gasteiger partial charge in [0.15, 0.2) is 0 Å². The molecule has 0 fully saturated rings. The molecule has 0 saturated carbocycles. The topological polar surface area (TPSA) is 20.2 Å². The highest BCUT2D eigenvalue weighted by Gasteiger charge is 2.18. The van der Waals surface area contributed by atoms with Gasteiger partial charge in [0.2, 0.25) is 0 Å². The number of benzene rings is 1. The smallest absolute Gasteiger partial charge is 0.130 e. The van der Waals surface area contributed by atoms with Gasteiger partial charge in [0, 0.05) is 10.6 Å². The van der Waals surface area contributed by atoms with Crippen molar-refractivity contribution in [3.63, 3.8) is 0 Å². The van der Waals surface area contributed by atoms with E-state index in [0.717, 1.165) is 12.8 Å². The molecule has 3 heteroatoms. The maximum atomic E-state index is 13.5. The normalized spacial score (nSPS) is 15.0. The molecule has 0 aromatic heterocycles. The second-order valence-corrected chi connectivity index (χ2v) is 4.31. The lowest BCUT2D eigenvalue weighted by Gasteiger charge is -2.19. The van der Waals surface area contributed by atoms with Gasteiger partial charge in [-0.05, 0) is 24.5 Å². The van der Waals surface area contributed by atoms with Gasteiger partial charge in [-0.15, -0.1) is 0 Å². The third-order valence-corrected chi connectivity index (χ3v) is 2.80. The standard InChI is InChI=1S/C12H16ClFO/c1-3-4-8(2)12(15)10-6-5-9(13)7-11(10)14/h5-8,12,15H,3-4H2,1-2H3. The fourth-order valence-electron chi connectivity index (χ4n) is 1.66. The second kappa shape index (κ2) is 5.47. The molecule has 84 valence electrons. The van der Waals surface area contributed by atoms with Crippen molar-refractivity contribution < 1.29 is 9.50 Å². The molecule has 0 spiro atoms. The Morgan fingerprint density at radius 3 is 2.67 bits per heavy atom. The van der Waals surface area contributed by atoms with Crippen LogP contribution in [-0.2, 0) is 0 Å². The van der Waals surface area contributed by atoms with Crippen molar-refractivity contribution >= 4 is 11.6 Å². The monoisotopic (exact) mass is 230 g/mol. The van der Waals surface area contributed by atoms with Gasteiger partial charge in [0.25, 0.3) is 0 Å². The maximum absolute atomic E-state index is 13.5. The number of aliphatic hydroxyl groups excluding tert-OH is 1. The highest BCUT2D eigenvalue weighted by atomic mass is 35.5. The Morgan fingerprint density at radius 1 is 1.47 bits per heavy atom. The fourth-order valence-corrected chi connectivity index (χ4v) is 1.82. The number of hydrogen-bond acceptors (Lipinski definition) is 1. The van der Waals surface area contributed by atoms with Crippen LogP contribution in [-0.4, -0.2) is 5.11 Å². The molecule has 15 heavy (non-hydrogen) atoms. The molecule has 0 bridgehead atoms. The molecule has 1 aromatic rings.